The van der Waals surface area contributed by atoms with Gasteiger partial charge < -0.3 is 15.2 Å². The number of carbonyl (C=O) groups is 1. The number of aromatic amines is 1. The summed E-state index contributed by atoms with van der Waals surface area (Å²) in [4.78, 5) is 31.0. The number of hydrogen-bond acceptors (Lipinski definition) is 5. The van der Waals surface area contributed by atoms with Crippen molar-refractivity contribution in [3.63, 3.8) is 0 Å². The standard InChI is InChI=1S/C21H25FN6O/c1-12(19-26-17-6-4-5-7-18(17)27-19)13(2)20(29)25-15-8-9-28(11-15)21-23-10-16(22)14(3)24-21/h4-7,10,12-13,15H,8-9,11H2,1-3H3,(H,25,29)(H,26,27)/t12-,13-,15+/m0/s1. The van der Waals surface area contributed by atoms with Crippen LogP contribution in [0.2, 0.25) is 0 Å². The predicted molar refractivity (Wildman–Crippen MR) is 109 cm³/mol. The Morgan fingerprint density at radius 3 is 2.86 bits per heavy atom. The third kappa shape index (κ3) is 3.92. The van der Waals surface area contributed by atoms with Gasteiger partial charge in [0.1, 0.15) is 5.82 Å². The summed E-state index contributed by atoms with van der Waals surface area (Å²) in [5, 5.41) is 3.14. The van der Waals surface area contributed by atoms with Crippen molar-refractivity contribution in [2.75, 3.05) is 18.0 Å². The maximum absolute atomic E-state index is 13.4. The summed E-state index contributed by atoms with van der Waals surface area (Å²) < 4.78 is 13.4. The molecule has 2 N–H and O–H groups in total. The Labute approximate surface area is 168 Å². The quantitative estimate of drug-likeness (QED) is 0.692. The van der Waals surface area contributed by atoms with Gasteiger partial charge in [0.15, 0.2) is 5.82 Å². The molecular formula is C21H25FN6O. The Morgan fingerprint density at radius 1 is 1.31 bits per heavy atom. The van der Waals surface area contributed by atoms with Crippen LogP contribution in [0, 0.1) is 18.7 Å². The molecule has 3 atom stereocenters. The Balaban J connectivity index is 1.37. The largest absolute Gasteiger partial charge is 0.351 e. The zero-order chi connectivity index (χ0) is 20.5. The first-order valence-corrected chi connectivity index (χ1v) is 9.91. The molecule has 0 bridgehead atoms. The van der Waals surface area contributed by atoms with Crippen LogP contribution in [0.15, 0.2) is 30.5 Å². The molecule has 0 saturated carbocycles. The molecule has 4 rings (SSSR count). The molecule has 0 aliphatic carbocycles. The fourth-order valence-corrected chi connectivity index (χ4v) is 3.64. The van der Waals surface area contributed by atoms with Crippen molar-refractivity contribution in [1.82, 2.24) is 25.3 Å². The fourth-order valence-electron chi connectivity index (χ4n) is 3.64. The van der Waals surface area contributed by atoms with Crippen LogP contribution in [-0.2, 0) is 4.79 Å². The van der Waals surface area contributed by atoms with E-state index in [9.17, 15) is 9.18 Å². The van der Waals surface area contributed by atoms with Crippen molar-refractivity contribution in [2.45, 2.75) is 39.2 Å². The van der Waals surface area contributed by atoms with Crippen LogP contribution in [0.4, 0.5) is 10.3 Å². The Kier molecular flexibility index (Phi) is 5.17. The molecule has 3 heterocycles. The monoisotopic (exact) mass is 396 g/mol. The lowest BCUT2D eigenvalue weighted by Crippen LogP contribution is -2.41. The molecule has 3 aromatic rings. The van der Waals surface area contributed by atoms with Crippen molar-refractivity contribution in [3.8, 4) is 0 Å². The Hall–Kier alpha value is -3.03. The molecule has 1 amide bonds. The average molecular weight is 396 g/mol. The van der Waals surface area contributed by atoms with Gasteiger partial charge in [-0.2, -0.15) is 0 Å². The second-order valence-electron chi connectivity index (χ2n) is 7.76. The van der Waals surface area contributed by atoms with Crippen molar-refractivity contribution in [3.05, 3.63) is 47.8 Å². The molecule has 29 heavy (non-hydrogen) atoms. The lowest BCUT2D eigenvalue weighted by atomic mass is 9.94. The van der Waals surface area contributed by atoms with E-state index in [1.165, 1.54) is 6.20 Å². The van der Waals surface area contributed by atoms with Crippen LogP contribution in [0.3, 0.4) is 0 Å². The minimum absolute atomic E-state index is 0.000936. The van der Waals surface area contributed by atoms with E-state index in [2.05, 4.69) is 25.3 Å². The number of nitrogens with one attached hydrogen (secondary N) is 2. The number of nitrogens with zero attached hydrogens (tertiary/aromatic N) is 4. The summed E-state index contributed by atoms with van der Waals surface area (Å²) in [5.74, 6) is 0.644. The van der Waals surface area contributed by atoms with Crippen LogP contribution in [0.5, 0.6) is 0 Å². The highest BCUT2D eigenvalue weighted by molar-refractivity contribution is 5.80. The summed E-state index contributed by atoms with van der Waals surface area (Å²) in [6.07, 6.45) is 2.00. The van der Waals surface area contributed by atoms with Gasteiger partial charge in [0, 0.05) is 31.0 Å². The van der Waals surface area contributed by atoms with Crippen LogP contribution >= 0.6 is 0 Å². The zero-order valence-electron chi connectivity index (χ0n) is 16.8. The van der Waals surface area contributed by atoms with Gasteiger partial charge in [-0.1, -0.05) is 26.0 Å². The van der Waals surface area contributed by atoms with E-state index in [-0.39, 0.29) is 23.8 Å². The van der Waals surface area contributed by atoms with Gasteiger partial charge in [-0.3, -0.25) is 4.79 Å². The summed E-state index contributed by atoms with van der Waals surface area (Å²) in [5.41, 5.74) is 2.21. The Bertz CT molecular complexity index is 1000. The number of halogens is 1. The number of fused-ring (bicyclic) bond motifs is 1. The second kappa shape index (κ2) is 7.77. The smallest absolute Gasteiger partial charge is 0.225 e. The van der Waals surface area contributed by atoms with Crippen molar-refractivity contribution in [1.29, 1.82) is 0 Å². The van der Waals surface area contributed by atoms with E-state index >= 15 is 0 Å². The highest BCUT2D eigenvalue weighted by Gasteiger charge is 2.30. The average Bonchev–Trinajstić information content (AvgIpc) is 3.35. The number of rotatable bonds is 5. The molecule has 1 saturated heterocycles. The van der Waals surface area contributed by atoms with E-state index in [1.54, 1.807) is 6.92 Å². The van der Waals surface area contributed by atoms with Crippen LogP contribution < -0.4 is 10.2 Å². The number of H-pyrrole nitrogens is 1. The molecule has 0 unspecified atom stereocenters. The first kappa shape index (κ1) is 19.3. The lowest BCUT2D eigenvalue weighted by molar-refractivity contribution is -0.125. The maximum atomic E-state index is 13.4. The van der Waals surface area contributed by atoms with Crippen LogP contribution in [0.25, 0.3) is 11.0 Å². The summed E-state index contributed by atoms with van der Waals surface area (Å²) in [6, 6.07) is 7.87. The molecule has 7 nitrogen and oxygen atoms in total. The van der Waals surface area contributed by atoms with Gasteiger partial charge in [0.05, 0.1) is 22.9 Å². The summed E-state index contributed by atoms with van der Waals surface area (Å²) in [6.45, 7) is 6.90. The molecule has 0 radical (unpaired) electrons. The number of anilines is 1. The van der Waals surface area contributed by atoms with Gasteiger partial charge >= 0.3 is 0 Å². The summed E-state index contributed by atoms with van der Waals surface area (Å²) >= 11 is 0. The van der Waals surface area contributed by atoms with Crippen molar-refractivity contribution < 1.29 is 9.18 Å². The lowest BCUT2D eigenvalue weighted by Gasteiger charge is -2.21. The number of para-hydroxylation sites is 2. The second-order valence-corrected chi connectivity index (χ2v) is 7.76. The number of carbonyl (C=O) groups excluding carboxylic acids is 1. The van der Waals surface area contributed by atoms with E-state index < -0.39 is 5.82 Å². The molecule has 1 aliphatic rings. The van der Waals surface area contributed by atoms with Crippen LogP contribution in [-0.4, -0.2) is 45.0 Å². The highest BCUT2D eigenvalue weighted by atomic mass is 19.1. The molecule has 1 fully saturated rings. The minimum atomic E-state index is -0.411. The topological polar surface area (TPSA) is 86.8 Å². The fraction of sp³-hybridized carbons (Fsp3) is 0.429. The zero-order valence-corrected chi connectivity index (χ0v) is 16.8. The molecular weight excluding hydrogens is 371 g/mol. The third-order valence-corrected chi connectivity index (χ3v) is 5.73. The highest BCUT2D eigenvalue weighted by Crippen LogP contribution is 2.25. The van der Waals surface area contributed by atoms with E-state index in [1.807, 2.05) is 43.0 Å². The van der Waals surface area contributed by atoms with Gasteiger partial charge in [-0.15, -0.1) is 0 Å². The number of aromatic nitrogens is 4. The normalized spacial score (nSPS) is 18.8. The van der Waals surface area contributed by atoms with E-state index in [4.69, 9.17) is 0 Å². The molecule has 1 aliphatic heterocycles. The van der Waals surface area contributed by atoms with Crippen molar-refractivity contribution >= 4 is 22.9 Å². The molecule has 0 spiro atoms. The molecule has 152 valence electrons. The van der Waals surface area contributed by atoms with Gasteiger partial charge in [0.25, 0.3) is 0 Å². The number of benzene rings is 1. The molecule has 2 aromatic heterocycles. The van der Waals surface area contributed by atoms with E-state index in [0.29, 0.717) is 18.2 Å². The number of aryl methyl sites for hydroxylation is 1. The molecule has 1 aromatic carbocycles. The predicted octanol–water partition coefficient (Wildman–Crippen LogP) is 2.94. The minimum Gasteiger partial charge on any atom is -0.351 e. The van der Waals surface area contributed by atoms with Gasteiger partial charge in [-0.05, 0) is 25.5 Å². The van der Waals surface area contributed by atoms with Gasteiger partial charge in [0.2, 0.25) is 11.9 Å². The Morgan fingerprint density at radius 2 is 2.10 bits per heavy atom. The van der Waals surface area contributed by atoms with Gasteiger partial charge in [-0.25, -0.2) is 19.3 Å². The number of hydrogen-bond donors (Lipinski definition) is 2. The first-order valence-electron chi connectivity index (χ1n) is 9.91. The van der Waals surface area contributed by atoms with Crippen LogP contribution in [0.1, 0.15) is 37.7 Å². The molecule has 8 heteroatoms. The number of imidazole rings is 1. The third-order valence-electron chi connectivity index (χ3n) is 5.73. The van der Waals surface area contributed by atoms with E-state index in [0.717, 1.165) is 29.8 Å². The summed E-state index contributed by atoms with van der Waals surface area (Å²) in [7, 11) is 0. The number of amides is 1. The SMILES string of the molecule is Cc1nc(N2CC[C@@H](NC(=O)[C@@H](C)[C@H](C)c3nc4ccccc4[nH]3)C2)ncc1F. The van der Waals surface area contributed by atoms with Crippen molar-refractivity contribution in [2.24, 2.45) is 5.92 Å². The maximum Gasteiger partial charge on any atom is 0.225 e. The first-order chi connectivity index (χ1) is 13.9.